The molecule has 1 aliphatic heterocycles. The first-order chi connectivity index (χ1) is 7.77. The molecule has 1 fully saturated rings. The molecule has 0 saturated carbocycles. The zero-order valence-corrected chi connectivity index (χ0v) is 10.5. The molecule has 5 heteroatoms. The molecule has 2 heterocycles. The second-order valence-electron chi connectivity index (χ2n) is 4.00. The molecule has 0 spiro atoms. The fourth-order valence-electron chi connectivity index (χ4n) is 1.89. The molecule has 1 amide bonds. The molecule has 1 atom stereocenters. The Kier molecular flexibility index (Phi) is 4.21. The standard InChI is InChI=1S/C11H15ClN2OS/c12-9-3-6-16-10(9)11(15)14-5-2-8-1-4-13-7-8/h3,6,8,13H,1-2,4-5,7H2,(H,14,15). The summed E-state index contributed by atoms with van der Waals surface area (Å²) in [7, 11) is 0. The van der Waals surface area contributed by atoms with Crippen molar-refractivity contribution in [3.05, 3.63) is 21.3 Å². The van der Waals surface area contributed by atoms with Gasteiger partial charge in [-0.1, -0.05) is 11.6 Å². The molecule has 16 heavy (non-hydrogen) atoms. The third kappa shape index (κ3) is 2.97. The van der Waals surface area contributed by atoms with Gasteiger partial charge in [0.05, 0.1) is 5.02 Å². The molecule has 0 aromatic carbocycles. The predicted octanol–water partition coefficient (Wildman–Crippen LogP) is 2.13. The minimum Gasteiger partial charge on any atom is -0.351 e. The first kappa shape index (κ1) is 11.9. The number of thiophene rings is 1. The van der Waals surface area contributed by atoms with Gasteiger partial charge >= 0.3 is 0 Å². The molecule has 1 aromatic heterocycles. The third-order valence-electron chi connectivity index (χ3n) is 2.82. The summed E-state index contributed by atoms with van der Waals surface area (Å²) in [6.07, 6.45) is 2.26. The van der Waals surface area contributed by atoms with Gasteiger partial charge < -0.3 is 10.6 Å². The Bertz CT molecular complexity index is 361. The van der Waals surface area contributed by atoms with Crippen LogP contribution in [0.25, 0.3) is 0 Å². The fourth-order valence-corrected chi connectivity index (χ4v) is 2.94. The largest absolute Gasteiger partial charge is 0.351 e. The smallest absolute Gasteiger partial charge is 0.262 e. The van der Waals surface area contributed by atoms with Gasteiger partial charge in [0.1, 0.15) is 4.88 Å². The van der Waals surface area contributed by atoms with Crippen LogP contribution in [0.2, 0.25) is 5.02 Å². The van der Waals surface area contributed by atoms with Crippen molar-refractivity contribution in [3.63, 3.8) is 0 Å². The number of carbonyl (C=O) groups is 1. The first-order valence-corrected chi connectivity index (χ1v) is 6.75. The fraction of sp³-hybridized carbons (Fsp3) is 0.545. The minimum atomic E-state index is -0.0500. The number of nitrogens with one attached hydrogen (secondary N) is 2. The maximum absolute atomic E-state index is 11.7. The van der Waals surface area contributed by atoms with Gasteiger partial charge in [0.25, 0.3) is 5.91 Å². The van der Waals surface area contributed by atoms with Crippen LogP contribution in [0.15, 0.2) is 11.4 Å². The normalized spacial score (nSPS) is 19.9. The lowest BCUT2D eigenvalue weighted by atomic mass is 10.1. The van der Waals surface area contributed by atoms with Gasteiger partial charge in [0.15, 0.2) is 0 Å². The third-order valence-corrected chi connectivity index (χ3v) is 4.16. The van der Waals surface area contributed by atoms with E-state index in [1.54, 1.807) is 6.07 Å². The van der Waals surface area contributed by atoms with E-state index in [0.29, 0.717) is 15.8 Å². The van der Waals surface area contributed by atoms with Gasteiger partial charge in [-0.05, 0) is 43.3 Å². The summed E-state index contributed by atoms with van der Waals surface area (Å²) in [5.74, 6) is 0.657. The van der Waals surface area contributed by atoms with Crippen molar-refractivity contribution in [2.24, 2.45) is 5.92 Å². The van der Waals surface area contributed by atoms with E-state index in [-0.39, 0.29) is 5.91 Å². The monoisotopic (exact) mass is 258 g/mol. The van der Waals surface area contributed by atoms with Crippen molar-refractivity contribution in [3.8, 4) is 0 Å². The van der Waals surface area contributed by atoms with Crippen LogP contribution in [0.4, 0.5) is 0 Å². The Morgan fingerprint density at radius 2 is 2.56 bits per heavy atom. The molecule has 3 nitrogen and oxygen atoms in total. The van der Waals surface area contributed by atoms with Gasteiger partial charge in [-0.15, -0.1) is 11.3 Å². The summed E-state index contributed by atoms with van der Waals surface area (Å²) in [4.78, 5) is 12.3. The molecule has 88 valence electrons. The van der Waals surface area contributed by atoms with Gasteiger partial charge in [0, 0.05) is 6.54 Å². The Hall–Kier alpha value is -0.580. The summed E-state index contributed by atoms with van der Waals surface area (Å²) in [6, 6.07) is 1.75. The number of halogens is 1. The van der Waals surface area contributed by atoms with E-state index in [2.05, 4.69) is 10.6 Å². The maximum atomic E-state index is 11.7. The molecular formula is C11H15ClN2OS. The van der Waals surface area contributed by atoms with E-state index < -0.39 is 0 Å². The van der Waals surface area contributed by atoms with E-state index in [1.807, 2.05) is 5.38 Å². The lowest BCUT2D eigenvalue weighted by molar-refractivity contribution is 0.0956. The van der Waals surface area contributed by atoms with E-state index in [9.17, 15) is 4.79 Å². The van der Waals surface area contributed by atoms with Gasteiger partial charge in [-0.3, -0.25) is 4.79 Å². The van der Waals surface area contributed by atoms with Crippen molar-refractivity contribution < 1.29 is 4.79 Å². The summed E-state index contributed by atoms with van der Waals surface area (Å²) in [6.45, 7) is 2.92. The quantitative estimate of drug-likeness (QED) is 0.869. The average Bonchev–Trinajstić information content (AvgIpc) is 2.88. The van der Waals surface area contributed by atoms with Crippen LogP contribution in [0.3, 0.4) is 0 Å². The van der Waals surface area contributed by atoms with Crippen LogP contribution >= 0.6 is 22.9 Å². The molecule has 0 radical (unpaired) electrons. The Balaban J connectivity index is 1.73. The highest BCUT2D eigenvalue weighted by Crippen LogP contribution is 2.21. The predicted molar refractivity (Wildman–Crippen MR) is 67.3 cm³/mol. The summed E-state index contributed by atoms with van der Waals surface area (Å²) in [5, 5.41) is 8.61. The van der Waals surface area contributed by atoms with Crippen LogP contribution < -0.4 is 10.6 Å². The minimum absolute atomic E-state index is 0.0500. The molecular weight excluding hydrogens is 244 g/mol. The molecule has 0 aliphatic carbocycles. The molecule has 1 saturated heterocycles. The highest BCUT2D eigenvalue weighted by Gasteiger charge is 2.15. The van der Waals surface area contributed by atoms with Gasteiger partial charge in [0.2, 0.25) is 0 Å². The summed E-state index contributed by atoms with van der Waals surface area (Å²) < 4.78 is 0. The number of hydrogen-bond acceptors (Lipinski definition) is 3. The molecule has 1 unspecified atom stereocenters. The zero-order chi connectivity index (χ0) is 11.4. The number of carbonyl (C=O) groups excluding carboxylic acids is 1. The van der Waals surface area contributed by atoms with Crippen molar-refractivity contribution in [1.82, 2.24) is 10.6 Å². The Morgan fingerprint density at radius 1 is 1.69 bits per heavy atom. The second-order valence-corrected chi connectivity index (χ2v) is 5.32. The van der Waals surface area contributed by atoms with Crippen molar-refractivity contribution in [2.75, 3.05) is 19.6 Å². The average molecular weight is 259 g/mol. The molecule has 2 rings (SSSR count). The Morgan fingerprint density at radius 3 is 3.19 bits per heavy atom. The summed E-state index contributed by atoms with van der Waals surface area (Å²) >= 11 is 7.26. The molecule has 1 aromatic rings. The highest BCUT2D eigenvalue weighted by molar-refractivity contribution is 7.12. The van der Waals surface area contributed by atoms with Crippen molar-refractivity contribution in [1.29, 1.82) is 0 Å². The van der Waals surface area contributed by atoms with E-state index >= 15 is 0 Å². The van der Waals surface area contributed by atoms with Gasteiger partial charge in [-0.2, -0.15) is 0 Å². The summed E-state index contributed by atoms with van der Waals surface area (Å²) in [5.41, 5.74) is 0. The van der Waals surface area contributed by atoms with Gasteiger partial charge in [-0.25, -0.2) is 0 Å². The van der Waals surface area contributed by atoms with Crippen LogP contribution in [0.5, 0.6) is 0 Å². The zero-order valence-electron chi connectivity index (χ0n) is 8.96. The first-order valence-electron chi connectivity index (χ1n) is 5.49. The molecule has 1 aliphatic rings. The van der Waals surface area contributed by atoms with Crippen molar-refractivity contribution >= 4 is 28.8 Å². The topological polar surface area (TPSA) is 41.1 Å². The van der Waals surface area contributed by atoms with Crippen molar-refractivity contribution in [2.45, 2.75) is 12.8 Å². The van der Waals surface area contributed by atoms with Crippen LogP contribution in [-0.2, 0) is 0 Å². The van der Waals surface area contributed by atoms with E-state index in [4.69, 9.17) is 11.6 Å². The lowest BCUT2D eigenvalue weighted by Crippen LogP contribution is -2.25. The molecule has 2 N–H and O–H groups in total. The Labute approximate surface area is 104 Å². The second kappa shape index (κ2) is 5.66. The number of amides is 1. The molecule has 0 bridgehead atoms. The maximum Gasteiger partial charge on any atom is 0.262 e. The van der Waals surface area contributed by atoms with E-state index in [0.717, 1.165) is 26.1 Å². The number of rotatable bonds is 4. The lowest BCUT2D eigenvalue weighted by Gasteiger charge is -2.08. The number of hydrogen-bond donors (Lipinski definition) is 2. The van der Waals surface area contributed by atoms with E-state index in [1.165, 1.54) is 17.8 Å². The highest BCUT2D eigenvalue weighted by atomic mass is 35.5. The SMILES string of the molecule is O=C(NCCC1CCNC1)c1sccc1Cl. The van der Waals surface area contributed by atoms with Crippen LogP contribution in [-0.4, -0.2) is 25.5 Å². The van der Waals surface area contributed by atoms with Crippen LogP contribution in [0, 0.1) is 5.92 Å². The van der Waals surface area contributed by atoms with Crippen LogP contribution in [0.1, 0.15) is 22.5 Å².